The first-order chi connectivity index (χ1) is 16.4. The maximum atomic E-state index is 13.2. The van der Waals surface area contributed by atoms with E-state index >= 15 is 0 Å². The number of hydrogen-bond acceptors (Lipinski definition) is 5. The minimum absolute atomic E-state index is 0.103. The molecule has 8 heteroatoms. The fraction of sp³-hybridized carbons (Fsp3) is 0.500. The van der Waals surface area contributed by atoms with Crippen LogP contribution in [0.5, 0.6) is 5.75 Å². The Bertz CT molecular complexity index is 1070. The van der Waals surface area contributed by atoms with Gasteiger partial charge in [-0.05, 0) is 56.0 Å². The highest BCUT2D eigenvalue weighted by Crippen LogP contribution is 2.28. The molecule has 0 aromatic heterocycles. The van der Waals surface area contributed by atoms with Crippen molar-refractivity contribution in [3.8, 4) is 5.75 Å². The van der Waals surface area contributed by atoms with Crippen molar-refractivity contribution >= 4 is 15.9 Å². The first-order valence-corrected chi connectivity index (χ1v) is 13.6. The Balaban J connectivity index is 1.29. The average molecular weight is 486 g/mol. The van der Waals surface area contributed by atoms with Crippen molar-refractivity contribution in [2.75, 3.05) is 45.9 Å². The highest BCUT2D eigenvalue weighted by Gasteiger charge is 2.34. The molecule has 2 aromatic rings. The van der Waals surface area contributed by atoms with Gasteiger partial charge < -0.3 is 9.64 Å². The Labute approximate surface area is 203 Å². The van der Waals surface area contributed by atoms with Gasteiger partial charge in [0, 0.05) is 51.7 Å². The van der Waals surface area contributed by atoms with E-state index in [1.165, 1.54) is 9.87 Å². The van der Waals surface area contributed by atoms with Gasteiger partial charge in [0.2, 0.25) is 15.9 Å². The third-order valence-electron chi connectivity index (χ3n) is 6.82. The lowest BCUT2D eigenvalue weighted by molar-refractivity contribution is -0.138. The predicted molar refractivity (Wildman–Crippen MR) is 132 cm³/mol. The molecule has 0 radical (unpaired) electrons. The lowest BCUT2D eigenvalue weighted by Crippen LogP contribution is -2.51. The maximum absolute atomic E-state index is 13.2. The van der Waals surface area contributed by atoms with Gasteiger partial charge >= 0.3 is 0 Å². The smallest absolute Gasteiger partial charge is 0.243 e. The minimum atomic E-state index is -3.58. The van der Waals surface area contributed by atoms with Crippen molar-refractivity contribution in [2.45, 2.75) is 38.1 Å². The second kappa shape index (κ2) is 10.9. The first kappa shape index (κ1) is 24.7. The summed E-state index contributed by atoms with van der Waals surface area (Å²) in [4.78, 5) is 17.7. The van der Waals surface area contributed by atoms with Gasteiger partial charge in [0.05, 0.1) is 11.5 Å². The lowest BCUT2D eigenvalue weighted by atomic mass is 9.96. The van der Waals surface area contributed by atoms with Gasteiger partial charge in [-0.2, -0.15) is 4.31 Å². The summed E-state index contributed by atoms with van der Waals surface area (Å²) in [5.74, 6) is 0.775. The summed E-state index contributed by atoms with van der Waals surface area (Å²) in [5.41, 5.74) is 2.10. The summed E-state index contributed by atoms with van der Waals surface area (Å²) in [6.07, 6.45) is 1.14. The Morgan fingerprint density at radius 1 is 0.971 bits per heavy atom. The van der Waals surface area contributed by atoms with E-state index in [0.717, 1.165) is 38.3 Å². The van der Waals surface area contributed by atoms with E-state index in [9.17, 15) is 13.2 Å². The molecular formula is C26H35N3O4S. The number of carbonyl (C=O) groups excluding carboxylic acids is 1. The predicted octanol–water partition coefficient (Wildman–Crippen LogP) is 3.14. The number of aryl methyl sites for hydroxylation is 1. The Kier molecular flexibility index (Phi) is 7.91. The monoisotopic (exact) mass is 485 g/mol. The third-order valence-corrected chi connectivity index (χ3v) is 8.71. The number of ether oxygens (including phenoxy) is 1. The molecule has 0 atom stereocenters. The number of nitrogens with zero attached hydrogens (tertiary/aromatic N) is 3. The molecule has 2 heterocycles. The van der Waals surface area contributed by atoms with Crippen LogP contribution >= 0.6 is 0 Å². The molecule has 2 aliphatic rings. The van der Waals surface area contributed by atoms with Crippen molar-refractivity contribution in [3.63, 3.8) is 0 Å². The molecule has 184 valence electrons. The molecule has 0 N–H and O–H groups in total. The van der Waals surface area contributed by atoms with Gasteiger partial charge in [-0.15, -0.1) is 0 Å². The van der Waals surface area contributed by atoms with E-state index in [1.54, 1.807) is 18.2 Å². The zero-order chi connectivity index (χ0) is 24.1. The molecule has 4 rings (SSSR count). The molecule has 34 heavy (non-hydrogen) atoms. The van der Waals surface area contributed by atoms with Crippen molar-refractivity contribution in [2.24, 2.45) is 5.92 Å². The van der Waals surface area contributed by atoms with Crippen LogP contribution in [-0.2, 0) is 21.4 Å². The van der Waals surface area contributed by atoms with E-state index in [4.69, 9.17) is 4.74 Å². The zero-order valence-corrected chi connectivity index (χ0v) is 21.0. The molecule has 7 nitrogen and oxygen atoms in total. The number of amides is 1. The number of sulfonamides is 1. The first-order valence-electron chi connectivity index (χ1n) is 12.2. The van der Waals surface area contributed by atoms with Gasteiger partial charge in [0.15, 0.2) is 0 Å². The molecule has 0 saturated carbocycles. The van der Waals surface area contributed by atoms with Crippen LogP contribution in [0.2, 0.25) is 0 Å². The molecule has 2 fully saturated rings. The number of piperidine rings is 1. The topological polar surface area (TPSA) is 70.2 Å². The molecule has 0 bridgehead atoms. The lowest BCUT2D eigenvalue weighted by Gasteiger charge is -2.38. The van der Waals surface area contributed by atoms with Crippen LogP contribution in [0.1, 0.15) is 30.9 Å². The standard InChI is InChI=1S/C26H35N3O4S/c1-3-33-25-10-9-24(19-21(25)2)34(31,32)29-13-11-23(12-14-29)26(30)28-17-15-27(16-18-28)20-22-7-5-4-6-8-22/h4-10,19,23H,3,11-18,20H2,1-2H3. The van der Waals surface area contributed by atoms with Gasteiger partial charge in [-0.1, -0.05) is 30.3 Å². The number of carbonyl (C=O) groups is 1. The molecule has 2 aliphatic heterocycles. The van der Waals surface area contributed by atoms with Gasteiger partial charge in [-0.3, -0.25) is 9.69 Å². The molecular weight excluding hydrogens is 450 g/mol. The van der Waals surface area contributed by atoms with E-state index in [0.29, 0.717) is 38.3 Å². The van der Waals surface area contributed by atoms with Crippen molar-refractivity contribution < 1.29 is 17.9 Å². The highest BCUT2D eigenvalue weighted by molar-refractivity contribution is 7.89. The van der Waals surface area contributed by atoms with E-state index in [-0.39, 0.29) is 16.7 Å². The summed E-state index contributed by atoms with van der Waals surface area (Å²) in [7, 11) is -3.58. The Morgan fingerprint density at radius 2 is 1.65 bits per heavy atom. The summed E-state index contributed by atoms with van der Waals surface area (Å²) in [6, 6.07) is 15.4. The van der Waals surface area contributed by atoms with Gasteiger partial charge in [0.1, 0.15) is 5.75 Å². The van der Waals surface area contributed by atoms with Crippen LogP contribution in [0.4, 0.5) is 0 Å². The van der Waals surface area contributed by atoms with Crippen LogP contribution < -0.4 is 4.74 Å². The van der Waals surface area contributed by atoms with Gasteiger partial charge in [-0.25, -0.2) is 8.42 Å². The molecule has 2 saturated heterocycles. The summed E-state index contributed by atoms with van der Waals surface area (Å²) < 4.78 is 33.4. The fourth-order valence-corrected chi connectivity index (χ4v) is 6.37. The maximum Gasteiger partial charge on any atom is 0.243 e. The zero-order valence-electron chi connectivity index (χ0n) is 20.2. The summed E-state index contributed by atoms with van der Waals surface area (Å²) in [6.45, 7) is 9.15. The SMILES string of the molecule is CCOc1ccc(S(=O)(=O)N2CCC(C(=O)N3CCN(Cc4ccccc4)CC3)CC2)cc1C. The van der Waals surface area contributed by atoms with Crippen molar-refractivity contribution in [3.05, 3.63) is 59.7 Å². The second-order valence-electron chi connectivity index (χ2n) is 9.13. The summed E-state index contributed by atoms with van der Waals surface area (Å²) >= 11 is 0. The molecule has 0 spiro atoms. The van der Waals surface area contributed by atoms with E-state index in [2.05, 4.69) is 29.2 Å². The summed E-state index contributed by atoms with van der Waals surface area (Å²) in [5, 5.41) is 0. The molecule has 2 aromatic carbocycles. The highest BCUT2D eigenvalue weighted by atomic mass is 32.2. The third kappa shape index (κ3) is 5.62. The van der Waals surface area contributed by atoms with Gasteiger partial charge in [0.25, 0.3) is 0 Å². The van der Waals surface area contributed by atoms with Crippen LogP contribution in [0.15, 0.2) is 53.4 Å². The van der Waals surface area contributed by atoms with Crippen LogP contribution in [0.25, 0.3) is 0 Å². The largest absolute Gasteiger partial charge is 0.494 e. The molecule has 1 amide bonds. The van der Waals surface area contributed by atoms with E-state index < -0.39 is 10.0 Å². The number of benzene rings is 2. The van der Waals surface area contributed by atoms with Crippen molar-refractivity contribution in [1.82, 2.24) is 14.1 Å². The fourth-order valence-electron chi connectivity index (χ4n) is 4.82. The van der Waals surface area contributed by atoms with E-state index in [1.807, 2.05) is 24.8 Å². The minimum Gasteiger partial charge on any atom is -0.494 e. The normalized spacial score (nSPS) is 18.7. The number of hydrogen-bond donors (Lipinski definition) is 0. The Morgan fingerprint density at radius 3 is 2.26 bits per heavy atom. The number of rotatable bonds is 7. The number of piperazine rings is 1. The van der Waals surface area contributed by atoms with Crippen LogP contribution in [0.3, 0.4) is 0 Å². The van der Waals surface area contributed by atoms with Crippen LogP contribution in [-0.4, -0.2) is 74.3 Å². The molecule has 0 aliphatic carbocycles. The average Bonchev–Trinajstić information content (AvgIpc) is 2.86. The van der Waals surface area contributed by atoms with Crippen molar-refractivity contribution in [1.29, 1.82) is 0 Å². The quantitative estimate of drug-likeness (QED) is 0.603. The Hall–Kier alpha value is -2.42. The molecule has 0 unspecified atom stereocenters. The van der Waals surface area contributed by atoms with Crippen LogP contribution in [0, 0.1) is 12.8 Å². The second-order valence-corrected chi connectivity index (χ2v) is 11.1.